The molecule has 0 aromatic rings. The molecule has 1 fully saturated rings. The first-order chi connectivity index (χ1) is 10.6. The van der Waals surface area contributed by atoms with Crippen LogP contribution in [0.15, 0.2) is 4.99 Å². The van der Waals surface area contributed by atoms with Crippen molar-refractivity contribution >= 4 is 35.9 Å². The first kappa shape index (κ1) is 22.4. The third-order valence-corrected chi connectivity index (χ3v) is 4.02. The molecule has 1 aliphatic rings. The van der Waals surface area contributed by atoms with Crippen LogP contribution in [0, 0.1) is 11.8 Å². The summed E-state index contributed by atoms with van der Waals surface area (Å²) in [5, 5.41) is 3.32. The minimum atomic E-state index is -0.120. The standard InChI is InChI=1S/C16H31N3O3.HI/c1-5-17-16(18-9-7-6-8-10-21-3)19-11-13(2)14(12-19)15(20)22-4;/h13-14H,5-12H2,1-4H3,(H,17,18);1H. The average Bonchev–Trinajstić information content (AvgIpc) is 2.90. The van der Waals surface area contributed by atoms with Gasteiger partial charge in [-0.05, 0) is 32.1 Å². The van der Waals surface area contributed by atoms with Gasteiger partial charge in [0.1, 0.15) is 0 Å². The fourth-order valence-electron chi connectivity index (χ4n) is 2.74. The molecule has 1 heterocycles. The molecule has 2 unspecified atom stereocenters. The third-order valence-electron chi connectivity index (χ3n) is 4.02. The summed E-state index contributed by atoms with van der Waals surface area (Å²) >= 11 is 0. The van der Waals surface area contributed by atoms with Gasteiger partial charge < -0.3 is 19.7 Å². The van der Waals surface area contributed by atoms with Crippen molar-refractivity contribution in [2.24, 2.45) is 16.8 Å². The fraction of sp³-hybridized carbons (Fsp3) is 0.875. The Labute approximate surface area is 157 Å². The quantitative estimate of drug-likeness (QED) is 0.206. The van der Waals surface area contributed by atoms with Crippen LogP contribution >= 0.6 is 24.0 Å². The van der Waals surface area contributed by atoms with Crippen LogP contribution in [-0.4, -0.2) is 63.8 Å². The predicted octanol–water partition coefficient (Wildman–Crippen LogP) is 2.13. The molecule has 2 atom stereocenters. The van der Waals surface area contributed by atoms with E-state index in [0.717, 1.165) is 51.5 Å². The van der Waals surface area contributed by atoms with E-state index in [1.54, 1.807) is 7.11 Å². The first-order valence-corrected chi connectivity index (χ1v) is 8.24. The lowest BCUT2D eigenvalue weighted by Crippen LogP contribution is -2.40. The molecule has 6 nitrogen and oxygen atoms in total. The van der Waals surface area contributed by atoms with Crippen LogP contribution in [0.25, 0.3) is 0 Å². The van der Waals surface area contributed by atoms with Gasteiger partial charge in [-0.2, -0.15) is 0 Å². The van der Waals surface area contributed by atoms with Gasteiger partial charge in [0.2, 0.25) is 0 Å². The summed E-state index contributed by atoms with van der Waals surface area (Å²) in [5.74, 6) is 1.02. The number of unbranched alkanes of at least 4 members (excludes halogenated alkanes) is 2. The van der Waals surface area contributed by atoms with E-state index in [4.69, 9.17) is 9.47 Å². The van der Waals surface area contributed by atoms with Gasteiger partial charge in [0, 0.05) is 39.9 Å². The maximum Gasteiger partial charge on any atom is 0.310 e. The monoisotopic (exact) mass is 441 g/mol. The molecular formula is C16H32IN3O3. The summed E-state index contributed by atoms with van der Waals surface area (Å²) in [6, 6.07) is 0. The Morgan fingerprint density at radius 2 is 2.00 bits per heavy atom. The van der Waals surface area contributed by atoms with Gasteiger partial charge in [0.05, 0.1) is 13.0 Å². The van der Waals surface area contributed by atoms with Crippen molar-refractivity contribution in [2.75, 3.05) is 47.0 Å². The zero-order valence-electron chi connectivity index (χ0n) is 14.8. The number of guanidine groups is 1. The number of carbonyl (C=O) groups is 1. The molecule has 0 saturated carbocycles. The van der Waals surface area contributed by atoms with Crippen molar-refractivity contribution in [1.82, 2.24) is 10.2 Å². The van der Waals surface area contributed by atoms with Crippen LogP contribution in [0.2, 0.25) is 0 Å². The molecule has 1 N–H and O–H groups in total. The lowest BCUT2D eigenvalue weighted by molar-refractivity contribution is -0.145. The Hall–Kier alpha value is -0.570. The molecule has 0 aromatic carbocycles. The molecule has 1 rings (SSSR count). The van der Waals surface area contributed by atoms with E-state index >= 15 is 0 Å². The minimum absolute atomic E-state index is 0. The van der Waals surface area contributed by atoms with E-state index in [0.29, 0.717) is 6.54 Å². The molecule has 0 radical (unpaired) electrons. The highest BCUT2D eigenvalue weighted by Gasteiger charge is 2.36. The second kappa shape index (κ2) is 12.8. The van der Waals surface area contributed by atoms with Crippen LogP contribution in [0.4, 0.5) is 0 Å². The highest BCUT2D eigenvalue weighted by molar-refractivity contribution is 14.0. The van der Waals surface area contributed by atoms with Gasteiger partial charge in [0.15, 0.2) is 5.96 Å². The van der Waals surface area contributed by atoms with Crippen molar-refractivity contribution in [3.63, 3.8) is 0 Å². The topological polar surface area (TPSA) is 63.2 Å². The van der Waals surface area contributed by atoms with Crippen molar-refractivity contribution in [1.29, 1.82) is 0 Å². The molecular weight excluding hydrogens is 409 g/mol. The van der Waals surface area contributed by atoms with Crippen molar-refractivity contribution in [3.05, 3.63) is 0 Å². The van der Waals surface area contributed by atoms with Crippen molar-refractivity contribution < 1.29 is 14.3 Å². The number of hydrogen-bond donors (Lipinski definition) is 1. The molecule has 1 saturated heterocycles. The van der Waals surface area contributed by atoms with Crippen LogP contribution in [-0.2, 0) is 14.3 Å². The van der Waals surface area contributed by atoms with Gasteiger partial charge >= 0.3 is 5.97 Å². The summed E-state index contributed by atoms with van der Waals surface area (Å²) in [6.45, 7) is 8.13. The number of nitrogens with zero attached hydrogens (tertiary/aromatic N) is 2. The molecule has 23 heavy (non-hydrogen) atoms. The average molecular weight is 441 g/mol. The molecule has 0 spiro atoms. The third kappa shape index (κ3) is 7.69. The smallest absolute Gasteiger partial charge is 0.310 e. The molecule has 7 heteroatoms. The second-order valence-corrected chi connectivity index (χ2v) is 5.80. The van der Waals surface area contributed by atoms with E-state index < -0.39 is 0 Å². The minimum Gasteiger partial charge on any atom is -0.469 e. The van der Waals surface area contributed by atoms with E-state index in [-0.39, 0.29) is 41.8 Å². The number of carbonyl (C=O) groups excluding carboxylic acids is 1. The number of rotatable bonds is 8. The van der Waals surface area contributed by atoms with Crippen molar-refractivity contribution in [3.8, 4) is 0 Å². The highest BCUT2D eigenvalue weighted by atomic mass is 127. The summed E-state index contributed by atoms with van der Waals surface area (Å²) in [4.78, 5) is 18.6. The second-order valence-electron chi connectivity index (χ2n) is 5.80. The van der Waals surface area contributed by atoms with Crippen LogP contribution < -0.4 is 5.32 Å². The predicted molar refractivity (Wildman–Crippen MR) is 103 cm³/mol. The van der Waals surface area contributed by atoms with Gasteiger partial charge in [-0.1, -0.05) is 6.92 Å². The van der Waals surface area contributed by atoms with Crippen LogP contribution in [0.5, 0.6) is 0 Å². The number of ether oxygens (including phenoxy) is 2. The van der Waals surface area contributed by atoms with Crippen LogP contribution in [0.1, 0.15) is 33.1 Å². The maximum atomic E-state index is 11.8. The molecule has 0 aromatic heterocycles. The molecule has 0 aliphatic carbocycles. The van der Waals surface area contributed by atoms with Gasteiger partial charge in [-0.15, -0.1) is 24.0 Å². The first-order valence-electron chi connectivity index (χ1n) is 8.24. The van der Waals surface area contributed by atoms with E-state index in [1.165, 1.54) is 7.11 Å². The lowest BCUT2D eigenvalue weighted by atomic mass is 9.99. The number of esters is 1. The Morgan fingerprint density at radius 1 is 1.26 bits per heavy atom. The number of methoxy groups -OCH3 is 2. The summed E-state index contributed by atoms with van der Waals surface area (Å²) in [5.41, 5.74) is 0. The molecule has 0 amide bonds. The number of nitrogens with one attached hydrogen (secondary N) is 1. The van der Waals surface area contributed by atoms with Gasteiger partial charge in [0.25, 0.3) is 0 Å². The number of aliphatic imine (C=N–C) groups is 1. The zero-order chi connectivity index (χ0) is 16.4. The molecule has 136 valence electrons. The molecule has 1 aliphatic heterocycles. The number of likely N-dealkylation sites (tertiary alicyclic amines) is 1. The van der Waals surface area contributed by atoms with Gasteiger partial charge in [-0.3, -0.25) is 9.79 Å². The highest BCUT2D eigenvalue weighted by Crippen LogP contribution is 2.24. The van der Waals surface area contributed by atoms with E-state index in [2.05, 4.69) is 29.1 Å². The number of halogens is 1. The zero-order valence-corrected chi connectivity index (χ0v) is 17.2. The van der Waals surface area contributed by atoms with E-state index in [1.807, 2.05) is 0 Å². The largest absolute Gasteiger partial charge is 0.469 e. The number of hydrogen-bond acceptors (Lipinski definition) is 4. The van der Waals surface area contributed by atoms with Crippen molar-refractivity contribution in [2.45, 2.75) is 33.1 Å². The summed E-state index contributed by atoms with van der Waals surface area (Å²) in [6.07, 6.45) is 3.26. The van der Waals surface area contributed by atoms with Crippen LogP contribution in [0.3, 0.4) is 0 Å². The Morgan fingerprint density at radius 3 is 2.61 bits per heavy atom. The maximum absolute atomic E-state index is 11.8. The fourth-order valence-corrected chi connectivity index (χ4v) is 2.74. The van der Waals surface area contributed by atoms with Gasteiger partial charge in [-0.25, -0.2) is 0 Å². The lowest BCUT2D eigenvalue weighted by Gasteiger charge is -2.21. The van der Waals surface area contributed by atoms with E-state index in [9.17, 15) is 4.79 Å². The molecule has 0 bridgehead atoms. The normalized spacial score (nSPS) is 21.0. The summed E-state index contributed by atoms with van der Waals surface area (Å²) < 4.78 is 9.94. The SMILES string of the molecule is CCNC(=NCCCCCOC)N1CC(C)C(C(=O)OC)C1.I. The summed E-state index contributed by atoms with van der Waals surface area (Å²) in [7, 11) is 3.19. The Kier molecular flexibility index (Phi) is 12.5. The Bertz CT molecular complexity index is 366. The Balaban J connectivity index is 0.00000484.